The number of nitrogens with zero attached hydrogens (tertiary/aromatic N) is 3. The van der Waals surface area contributed by atoms with Crippen molar-refractivity contribution >= 4 is 28.9 Å². The Balaban J connectivity index is 1.56. The zero-order valence-corrected chi connectivity index (χ0v) is 20.8. The van der Waals surface area contributed by atoms with Gasteiger partial charge in [-0.3, -0.25) is 4.79 Å². The minimum atomic E-state index is -0.290. The number of carbonyl (C=O) groups is 1. The van der Waals surface area contributed by atoms with Crippen molar-refractivity contribution in [2.75, 3.05) is 19.5 Å². The summed E-state index contributed by atoms with van der Waals surface area (Å²) < 4.78 is 10.8. The Morgan fingerprint density at radius 1 is 1.03 bits per heavy atom. The first-order chi connectivity index (χ1) is 16.9. The van der Waals surface area contributed by atoms with Gasteiger partial charge in [-0.1, -0.05) is 12.1 Å². The van der Waals surface area contributed by atoms with Crippen LogP contribution in [0, 0.1) is 6.92 Å². The number of pyridine rings is 2. The van der Waals surface area contributed by atoms with E-state index < -0.39 is 0 Å². The van der Waals surface area contributed by atoms with Crippen LogP contribution in [0.5, 0.6) is 11.5 Å². The van der Waals surface area contributed by atoms with Crippen molar-refractivity contribution in [2.24, 2.45) is 0 Å². The van der Waals surface area contributed by atoms with Crippen molar-refractivity contribution < 1.29 is 14.3 Å². The van der Waals surface area contributed by atoms with Crippen LogP contribution in [0.4, 0.5) is 11.6 Å². The predicted molar refractivity (Wildman–Crippen MR) is 137 cm³/mol. The Morgan fingerprint density at radius 3 is 2.60 bits per heavy atom. The number of rotatable bonds is 9. The second-order valence-corrected chi connectivity index (χ2v) is 9.02. The van der Waals surface area contributed by atoms with E-state index in [2.05, 4.69) is 20.6 Å². The number of carbonyl (C=O) groups excluding carboxylic acids is 1. The molecule has 1 amide bonds. The van der Waals surface area contributed by atoms with Crippen LogP contribution in [-0.2, 0) is 11.2 Å². The Hall–Kier alpha value is -3.98. The van der Waals surface area contributed by atoms with Crippen molar-refractivity contribution in [2.45, 2.75) is 26.3 Å². The van der Waals surface area contributed by atoms with E-state index in [0.29, 0.717) is 23.7 Å². The van der Waals surface area contributed by atoms with Crippen LogP contribution in [-0.4, -0.2) is 35.1 Å². The van der Waals surface area contributed by atoms with Gasteiger partial charge in [0.1, 0.15) is 16.6 Å². The van der Waals surface area contributed by atoms with Crippen molar-refractivity contribution in [1.29, 1.82) is 0 Å². The molecular weight excluding hydrogens is 462 g/mol. The topological polar surface area (TPSA) is 98.3 Å². The molecule has 1 atom stereocenters. The van der Waals surface area contributed by atoms with Gasteiger partial charge in [-0.15, -0.1) is 11.3 Å². The molecule has 0 aliphatic rings. The summed E-state index contributed by atoms with van der Waals surface area (Å²) in [6.45, 7) is 3.52. The van der Waals surface area contributed by atoms with E-state index in [1.165, 1.54) is 18.3 Å². The van der Waals surface area contributed by atoms with E-state index in [1.54, 1.807) is 26.6 Å². The van der Waals surface area contributed by atoms with E-state index in [1.807, 2.05) is 55.5 Å². The number of methoxy groups -OCH3 is 2. The van der Waals surface area contributed by atoms with Gasteiger partial charge in [-0.2, -0.15) is 0 Å². The second kappa shape index (κ2) is 11.0. The molecule has 0 saturated heterocycles. The molecule has 0 aliphatic heterocycles. The molecule has 35 heavy (non-hydrogen) atoms. The molecule has 0 aliphatic carbocycles. The van der Waals surface area contributed by atoms with Gasteiger partial charge in [0, 0.05) is 19.3 Å². The molecule has 3 aromatic heterocycles. The van der Waals surface area contributed by atoms with E-state index in [4.69, 9.17) is 14.5 Å². The van der Waals surface area contributed by atoms with Crippen LogP contribution in [0.25, 0.3) is 10.6 Å². The zero-order valence-electron chi connectivity index (χ0n) is 20.0. The molecule has 0 bridgehead atoms. The summed E-state index contributed by atoms with van der Waals surface area (Å²) in [7, 11) is 3.20. The predicted octanol–water partition coefficient (Wildman–Crippen LogP) is 5.09. The smallest absolute Gasteiger partial charge is 0.217 e. The molecule has 3 heterocycles. The zero-order chi connectivity index (χ0) is 24.8. The average Bonchev–Trinajstić information content (AvgIpc) is 3.34. The number of anilines is 2. The Morgan fingerprint density at radius 2 is 1.86 bits per heavy atom. The number of hydrogen-bond donors (Lipinski definition) is 2. The minimum absolute atomic E-state index is 0.123. The fourth-order valence-corrected chi connectivity index (χ4v) is 4.57. The number of ether oxygens (including phenoxy) is 2. The molecule has 1 aromatic carbocycles. The summed E-state index contributed by atoms with van der Waals surface area (Å²) in [5, 5.41) is 7.06. The summed E-state index contributed by atoms with van der Waals surface area (Å²) >= 11 is 1.50. The Bertz CT molecular complexity index is 1320. The second-order valence-electron chi connectivity index (χ2n) is 7.96. The standard InChI is InChI=1S/C26H27N5O3S/c1-16-10-11-27-25(12-16)31-24-7-5-6-19(30-24)23-15-28-26(35-23)20(29-17(2)32)13-18-8-9-21(33-3)22(14-18)34-4/h5-12,14-15,20H,13H2,1-4H3,(H,29,32)(H,27,30,31)/t20-/m0/s1. The molecule has 4 aromatic rings. The van der Waals surface area contributed by atoms with E-state index in [0.717, 1.165) is 32.5 Å². The van der Waals surface area contributed by atoms with Crippen LogP contribution in [0.3, 0.4) is 0 Å². The lowest BCUT2D eigenvalue weighted by Crippen LogP contribution is -2.27. The normalized spacial score (nSPS) is 11.5. The largest absolute Gasteiger partial charge is 0.493 e. The maximum atomic E-state index is 12.0. The summed E-state index contributed by atoms with van der Waals surface area (Å²) in [5.74, 6) is 2.61. The molecule has 4 rings (SSSR count). The lowest BCUT2D eigenvalue weighted by Gasteiger charge is -2.17. The molecule has 9 heteroatoms. The van der Waals surface area contributed by atoms with Gasteiger partial charge in [0.05, 0.1) is 30.8 Å². The maximum absolute atomic E-state index is 12.0. The first kappa shape index (κ1) is 24.2. The Labute approximate surface area is 208 Å². The maximum Gasteiger partial charge on any atom is 0.217 e. The van der Waals surface area contributed by atoms with Crippen molar-refractivity contribution in [3.8, 4) is 22.1 Å². The molecule has 0 fully saturated rings. The van der Waals surface area contributed by atoms with Crippen molar-refractivity contribution in [1.82, 2.24) is 20.3 Å². The first-order valence-corrected chi connectivity index (χ1v) is 11.9. The highest BCUT2D eigenvalue weighted by atomic mass is 32.1. The summed E-state index contributed by atoms with van der Waals surface area (Å²) in [6, 6.07) is 15.1. The molecule has 0 radical (unpaired) electrons. The van der Waals surface area contributed by atoms with Crippen molar-refractivity contribution in [3.05, 3.63) is 77.1 Å². The fourth-order valence-electron chi connectivity index (χ4n) is 3.63. The summed E-state index contributed by atoms with van der Waals surface area (Å²) in [5.41, 5.74) is 2.90. The van der Waals surface area contributed by atoms with Crippen LogP contribution in [0.15, 0.2) is 60.9 Å². The van der Waals surface area contributed by atoms with Gasteiger partial charge in [0.15, 0.2) is 11.5 Å². The fraction of sp³-hybridized carbons (Fsp3) is 0.231. The summed E-state index contributed by atoms with van der Waals surface area (Å²) in [4.78, 5) is 26.5. The first-order valence-electron chi connectivity index (χ1n) is 11.1. The third-order valence-electron chi connectivity index (χ3n) is 5.26. The third kappa shape index (κ3) is 6.13. The van der Waals surface area contributed by atoms with Gasteiger partial charge in [-0.05, 0) is 60.9 Å². The number of thiazole rings is 1. The SMILES string of the molecule is COc1ccc(C[C@H](NC(C)=O)c2ncc(-c3cccc(Nc4cc(C)ccn4)n3)s2)cc1OC. The van der Waals surface area contributed by atoms with E-state index in [9.17, 15) is 4.79 Å². The van der Waals surface area contributed by atoms with Crippen molar-refractivity contribution in [3.63, 3.8) is 0 Å². The third-order valence-corrected chi connectivity index (χ3v) is 6.39. The van der Waals surface area contributed by atoms with Crippen LogP contribution in [0.2, 0.25) is 0 Å². The molecule has 0 saturated carbocycles. The number of nitrogens with one attached hydrogen (secondary N) is 2. The number of benzene rings is 1. The monoisotopic (exact) mass is 489 g/mol. The highest BCUT2D eigenvalue weighted by Gasteiger charge is 2.19. The number of amides is 1. The molecule has 0 spiro atoms. The molecule has 8 nitrogen and oxygen atoms in total. The highest BCUT2D eigenvalue weighted by molar-refractivity contribution is 7.15. The van der Waals surface area contributed by atoms with E-state index in [-0.39, 0.29) is 11.9 Å². The van der Waals surface area contributed by atoms with Gasteiger partial charge in [0.25, 0.3) is 0 Å². The van der Waals surface area contributed by atoms with Gasteiger partial charge >= 0.3 is 0 Å². The number of aryl methyl sites for hydroxylation is 1. The number of aromatic nitrogens is 3. The lowest BCUT2D eigenvalue weighted by molar-refractivity contribution is -0.119. The van der Waals surface area contributed by atoms with Gasteiger partial charge < -0.3 is 20.1 Å². The van der Waals surface area contributed by atoms with Crippen LogP contribution in [0.1, 0.15) is 29.1 Å². The Kier molecular flexibility index (Phi) is 7.57. The van der Waals surface area contributed by atoms with E-state index >= 15 is 0 Å². The lowest BCUT2D eigenvalue weighted by atomic mass is 10.1. The summed E-state index contributed by atoms with van der Waals surface area (Å²) in [6.07, 6.45) is 4.11. The number of hydrogen-bond acceptors (Lipinski definition) is 8. The van der Waals surface area contributed by atoms with Crippen LogP contribution < -0.4 is 20.1 Å². The average molecular weight is 490 g/mol. The molecular formula is C26H27N5O3S. The van der Waals surface area contributed by atoms with Crippen LogP contribution >= 0.6 is 11.3 Å². The van der Waals surface area contributed by atoms with Gasteiger partial charge in [-0.25, -0.2) is 15.0 Å². The molecule has 2 N–H and O–H groups in total. The molecule has 180 valence electrons. The molecule has 0 unspecified atom stereocenters. The van der Waals surface area contributed by atoms with Gasteiger partial charge in [0.2, 0.25) is 5.91 Å². The quantitative estimate of drug-likeness (QED) is 0.338. The highest BCUT2D eigenvalue weighted by Crippen LogP contribution is 2.33. The minimum Gasteiger partial charge on any atom is -0.493 e.